The highest BCUT2D eigenvalue weighted by molar-refractivity contribution is 6.53. The van der Waals surface area contributed by atoms with Gasteiger partial charge in [0.15, 0.2) is 0 Å². The van der Waals surface area contributed by atoms with Crippen LogP contribution in [0.2, 0.25) is 0 Å². The Kier molecular flexibility index (Phi) is 7.90. The number of rotatable bonds is 9. The van der Waals surface area contributed by atoms with Gasteiger partial charge in [0.25, 0.3) is 0 Å². The molecule has 4 nitrogen and oxygen atoms in total. The van der Waals surface area contributed by atoms with E-state index in [1.165, 1.54) is 14.2 Å². The van der Waals surface area contributed by atoms with Gasteiger partial charge >= 0.3 is 9.05 Å². The Morgan fingerprint density at radius 2 is 1.80 bits per heavy atom. The van der Waals surface area contributed by atoms with E-state index in [1.807, 2.05) is 0 Å². The number of hydrogen-bond donors (Lipinski definition) is 0. The third-order valence-corrected chi connectivity index (χ3v) is 3.93. The van der Waals surface area contributed by atoms with Crippen LogP contribution in [-0.4, -0.2) is 36.5 Å². The molecule has 90 valence electrons. The van der Waals surface area contributed by atoms with Gasteiger partial charge in [-0.3, -0.25) is 0 Å². The van der Waals surface area contributed by atoms with E-state index in [9.17, 15) is 0 Å². The van der Waals surface area contributed by atoms with Gasteiger partial charge in [-0.15, -0.1) is 6.58 Å². The first-order valence-electron chi connectivity index (χ1n) is 5.09. The van der Waals surface area contributed by atoms with Gasteiger partial charge in [-0.1, -0.05) is 19.9 Å². The molecule has 0 rings (SSSR count). The molecule has 0 aromatic rings. The van der Waals surface area contributed by atoms with Gasteiger partial charge in [0.2, 0.25) is 0 Å². The van der Waals surface area contributed by atoms with Crippen LogP contribution in [0.1, 0.15) is 20.3 Å². The predicted molar refractivity (Wildman–Crippen MR) is 61.3 cm³/mol. The van der Waals surface area contributed by atoms with E-state index in [0.29, 0.717) is 19.1 Å². The number of hydrogen-bond acceptors (Lipinski definition) is 4. The molecule has 0 aliphatic heterocycles. The van der Waals surface area contributed by atoms with Crippen molar-refractivity contribution in [3.63, 3.8) is 0 Å². The fourth-order valence-electron chi connectivity index (χ4n) is 0.941. The summed E-state index contributed by atoms with van der Waals surface area (Å²) in [5.41, 5.74) is 0. The normalized spacial score (nSPS) is 12.1. The van der Waals surface area contributed by atoms with Crippen molar-refractivity contribution >= 4 is 9.05 Å². The third kappa shape index (κ3) is 6.06. The smallest absolute Gasteiger partial charge is 0.355 e. The van der Waals surface area contributed by atoms with Crippen LogP contribution in [0.3, 0.4) is 0 Å². The van der Waals surface area contributed by atoms with Crippen molar-refractivity contribution < 1.29 is 17.7 Å². The van der Waals surface area contributed by atoms with Crippen molar-refractivity contribution in [3.05, 3.63) is 12.7 Å². The summed E-state index contributed by atoms with van der Waals surface area (Å²) in [6.07, 6.45) is 2.60. The molecule has 0 amide bonds. The summed E-state index contributed by atoms with van der Waals surface area (Å²) in [6, 6.07) is 0. The van der Waals surface area contributed by atoms with Crippen LogP contribution in [0.15, 0.2) is 12.7 Å². The fourth-order valence-corrected chi connectivity index (χ4v) is 2.35. The van der Waals surface area contributed by atoms with Crippen LogP contribution in [0.5, 0.6) is 0 Å². The van der Waals surface area contributed by atoms with E-state index in [-0.39, 0.29) is 0 Å². The molecule has 0 atom stereocenters. The molecular formula is C10H22O4Si. The van der Waals surface area contributed by atoms with E-state index in [2.05, 4.69) is 20.4 Å². The molecule has 0 aromatic heterocycles. The van der Waals surface area contributed by atoms with Crippen LogP contribution in [0, 0.1) is 5.92 Å². The van der Waals surface area contributed by atoms with Crippen LogP contribution in [0.25, 0.3) is 0 Å². The van der Waals surface area contributed by atoms with Crippen molar-refractivity contribution in [2.45, 2.75) is 20.3 Å². The Morgan fingerprint density at radius 1 is 1.20 bits per heavy atom. The van der Waals surface area contributed by atoms with E-state index in [1.54, 1.807) is 6.08 Å². The molecular weight excluding hydrogens is 212 g/mol. The van der Waals surface area contributed by atoms with Gasteiger partial charge in [-0.25, -0.2) is 0 Å². The molecule has 0 aliphatic carbocycles. The second-order valence-electron chi connectivity index (χ2n) is 3.54. The first-order valence-corrected chi connectivity index (χ1v) is 6.72. The second-order valence-corrected chi connectivity index (χ2v) is 5.93. The molecule has 0 saturated carbocycles. The molecule has 0 bridgehead atoms. The lowest BCUT2D eigenvalue weighted by Gasteiger charge is -2.24. The zero-order chi connectivity index (χ0) is 11.7. The highest BCUT2D eigenvalue weighted by Gasteiger charge is 2.43. The Labute approximate surface area is 93.7 Å². The molecule has 0 N–H and O–H groups in total. The quantitative estimate of drug-likeness (QED) is 0.451. The van der Waals surface area contributed by atoms with Crippen molar-refractivity contribution in [3.8, 4) is 0 Å². The summed E-state index contributed by atoms with van der Waals surface area (Å²) < 4.78 is 21.4. The van der Waals surface area contributed by atoms with Gasteiger partial charge in [-0.05, 0) is 12.3 Å². The third-order valence-electron chi connectivity index (χ3n) is 1.85. The maximum Gasteiger partial charge on any atom is 0.679 e. The van der Waals surface area contributed by atoms with E-state index in [4.69, 9.17) is 17.7 Å². The summed E-state index contributed by atoms with van der Waals surface area (Å²) in [4.78, 5) is 0. The van der Waals surface area contributed by atoms with Crippen molar-refractivity contribution in [1.82, 2.24) is 0 Å². The Morgan fingerprint density at radius 3 is 2.20 bits per heavy atom. The minimum absolute atomic E-state index is 0.371. The van der Waals surface area contributed by atoms with E-state index < -0.39 is 9.05 Å². The van der Waals surface area contributed by atoms with Crippen LogP contribution >= 0.6 is 0 Å². The summed E-state index contributed by atoms with van der Waals surface area (Å²) >= 11 is 0. The summed E-state index contributed by atoms with van der Waals surface area (Å²) in [5, 5.41) is 0. The average Bonchev–Trinajstić information content (AvgIpc) is 2.23. The molecule has 0 fully saturated rings. The minimum atomic E-state index is -2.90. The molecule has 0 unspecified atom stereocenters. The summed E-state index contributed by atoms with van der Waals surface area (Å²) in [6.45, 7) is 8.80. The van der Waals surface area contributed by atoms with Crippen molar-refractivity contribution in [1.29, 1.82) is 0 Å². The van der Waals surface area contributed by atoms with Gasteiger partial charge in [0.1, 0.15) is 0 Å². The fraction of sp³-hybridized carbons (Fsp3) is 0.800. The van der Waals surface area contributed by atoms with Crippen LogP contribution < -0.4 is 0 Å². The van der Waals surface area contributed by atoms with Gasteiger partial charge in [0.05, 0.1) is 6.61 Å². The van der Waals surface area contributed by atoms with E-state index in [0.717, 1.165) is 6.42 Å². The maximum atomic E-state index is 5.57. The van der Waals surface area contributed by atoms with Gasteiger partial charge < -0.3 is 17.7 Å². The molecule has 0 heterocycles. The SMILES string of the molecule is C=CCO[Si](OC)(OC)OCCC(C)C. The molecule has 0 radical (unpaired) electrons. The van der Waals surface area contributed by atoms with Crippen LogP contribution in [0.4, 0.5) is 0 Å². The first-order chi connectivity index (χ1) is 7.10. The van der Waals surface area contributed by atoms with Crippen molar-refractivity contribution in [2.75, 3.05) is 27.4 Å². The largest absolute Gasteiger partial charge is 0.679 e. The highest BCUT2D eigenvalue weighted by Crippen LogP contribution is 2.11. The Hall–Kier alpha value is -0.203. The van der Waals surface area contributed by atoms with E-state index >= 15 is 0 Å². The van der Waals surface area contributed by atoms with Gasteiger partial charge in [-0.2, -0.15) is 0 Å². The molecule has 0 spiro atoms. The zero-order valence-electron chi connectivity index (χ0n) is 10.1. The lowest BCUT2D eigenvalue weighted by atomic mass is 10.2. The minimum Gasteiger partial charge on any atom is -0.355 e. The Bertz CT molecular complexity index is 169. The van der Waals surface area contributed by atoms with Gasteiger partial charge in [0, 0.05) is 20.8 Å². The first kappa shape index (κ1) is 14.8. The average molecular weight is 234 g/mol. The molecule has 0 aromatic carbocycles. The zero-order valence-corrected chi connectivity index (χ0v) is 11.1. The lowest BCUT2D eigenvalue weighted by Crippen LogP contribution is -2.47. The standard InChI is InChI=1S/C10H22O4Si/c1-6-8-13-15(11-4,12-5)14-9-7-10(2)3/h6,10H,1,7-9H2,2-5H3. The predicted octanol–water partition coefficient (Wildman–Crippen LogP) is 1.98. The lowest BCUT2D eigenvalue weighted by molar-refractivity contribution is -0.00446. The highest BCUT2D eigenvalue weighted by atomic mass is 28.4. The van der Waals surface area contributed by atoms with Crippen molar-refractivity contribution in [2.24, 2.45) is 5.92 Å². The monoisotopic (exact) mass is 234 g/mol. The Balaban J connectivity index is 4.04. The second kappa shape index (κ2) is 8.01. The maximum absolute atomic E-state index is 5.57. The topological polar surface area (TPSA) is 36.9 Å². The molecule has 15 heavy (non-hydrogen) atoms. The summed E-state index contributed by atoms with van der Waals surface area (Å²) in [5.74, 6) is 0.588. The molecule has 5 heteroatoms. The molecule has 0 saturated heterocycles. The molecule has 0 aliphatic rings. The van der Waals surface area contributed by atoms with Crippen LogP contribution in [-0.2, 0) is 17.7 Å². The summed E-state index contributed by atoms with van der Waals surface area (Å²) in [7, 11) is 0.169.